The fourth-order valence-electron chi connectivity index (χ4n) is 1.14. The minimum Gasteiger partial charge on any atom is -0.441 e. The molecule has 0 aromatic carbocycles. The van der Waals surface area contributed by atoms with Crippen molar-refractivity contribution in [2.75, 3.05) is 5.88 Å². The number of oxazole rings is 1. The second-order valence-electron chi connectivity index (χ2n) is 2.80. The van der Waals surface area contributed by atoms with Gasteiger partial charge in [-0.1, -0.05) is 0 Å². The SMILES string of the molecule is ClCCc1ncc(-c2cc(Br)sc2Br)o1. The highest BCUT2D eigenvalue weighted by atomic mass is 79.9. The summed E-state index contributed by atoms with van der Waals surface area (Å²) in [4.78, 5) is 4.15. The van der Waals surface area contributed by atoms with Crippen LogP contribution in [-0.4, -0.2) is 10.9 Å². The molecule has 0 bridgehead atoms. The molecule has 0 saturated heterocycles. The van der Waals surface area contributed by atoms with Crippen LogP contribution in [0.5, 0.6) is 0 Å². The summed E-state index contributed by atoms with van der Waals surface area (Å²) in [5.41, 5.74) is 1.01. The largest absolute Gasteiger partial charge is 0.441 e. The molecule has 0 spiro atoms. The number of halogens is 3. The Bertz CT molecular complexity index is 468. The van der Waals surface area contributed by atoms with Crippen LogP contribution in [0.1, 0.15) is 5.89 Å². The molecule has 2 rings (SSSR count). The van der Waals surface area contributed by atoms with Gasteiger partial charge in [0, 0.05) is 17.9 Å². The average molecular weight is 371 g/mol. The van der Waals surface area contributed by atoms with Gasteiger partial charge in [-0.05, 0) is 37.9 Å². The maximum atomic E-state index is 5.61. The lowest BCUT2D eigenvalue weighted by atomic mass is 10.3. The highest BCUT2D eigenvalue weighted by Gasteiger charge is 2.12. The van der Waals surface area contributed by atoms with E-state index in [9.17, 15) is 0 Å². The Morgan fingerprint density at radius 2 is 2.27 bits per heavy atom. The minimum atomic E-state index is 0.522. The van der Waals surface area contributed by atoms with Gasteiger partial charge in [0.05, 0.1) is 13.8 Å². The third-order valence-electron chi connectivity index (χ3n) is 1.78. The van der Waals surface area contributed by atoms with Crippen LogP contribution in [0.15, 0.2) is 24.3 Å². The number of hydrogen-bond donors (Lipinski definition) is 0. The quantitative estimate of drug-likeness (QED) is 0.731. The monoisotopic (exact) mass is 369 g/mol. The fourth-order valence-corrected chi connectivity index (χ4v) is 4.12. The van der Waals surface area contributed by atoms with E-state index in [0.29, 0.717) is 18.2 Å². The van der Waals surface area contributed by atoms with Gasteiger partial charge in [0.1, 0.15) is 0 Å². The van der Waals surface area contributed by atoms with Crippen LogP contribution in [0.2, 0.25) is 0 Å². The van der Waals surface area contributed by atoms with Gasteiger partial charge in [0.25, 0.3) is 0 Å². The van der Waals surface area contributed by atoms with Gasteiger partial charge < -0.3 is 4.42 Å². The molecule has 0 aliphatic rings. The molecule has 80 valence electrons. The van der Waals surface area contributed by atoms with Gasteiger partial charge in [0.15, 0.2) is 11.7 Å². The van der Waals surface area contributed by atoms with Crippen LogP contribution in [0.3, 0.4) is 0 Å². The molecule has 2 aromatic rings. The third-order valence-corrected chi connectivity index (χ3v) is 4.31. The van der Waals surface area contributed by atoms with E-state index in [1.165, 1.54) is 0 Å². The van der Waals surface area contributed by atoms with E-state index in [1.807, 2.05) is 6.07 Å². The van der Waals surface area contributed by atoms with Crippen molar-refractivity contribution in [3.63, 3.8) is 0 Å². The van der Waals surface area contributed by atoms with Crippen molar-refractivity contribution >= 4 is 54.8 Å². The second kappa shape index (κ2) is 4.99. The minimum absolute atomic E-state index is 0.522. The number of aryl methyl sites for hydroxylation is 1. The topological polar surface area (TPSA) is 26.0 Å². The molecule has 0 radical (unpaired) electrons. The van der Waals surface area contributed by atoms with Gasteiger partial charge in [-0.25, -0.2) is 4.98 Å². The Labute approximate surface area is 113 Å². The van der Waals surface area contributed by atoms with E-state index < -0.39 is 0 Å². The van der Waals surface area contributed by atoms with Crippen LogP contribution >= 0.6 is 54.8 Å². The van der Waals surface area contributed by atoms with E-state index in [2.05, 4.69) is 36.8 Å². The Kier molecular flexibility index (Phi) is 3.88. The molecule has 6 heteroatoms. The standard InChI is InChI=1S/C9H6Br2ClNOS/c10-7-3-5(9(11)15-7)6-4-13-8(14-6)1-2-12/h3-4H,1-2H2. The predicted molar refractivity (Wildman–Crippen MR) is 69.6 cm³/mol. The van der Waals surface area contributed by atoms with Crippen LogP contribution in [0.4, 0.5) is 0 Å². The summed E-state index contributed by atoms with van der Waals surface area (Å²) in [5.74, 6) is 1.97. The third kappa shape index (κ3) is 2.64. The first-order valence-electron chi connectivity index (χ1n) is 4.16. The van der Waals surface area contributed by atoms with E-state index in [4.69, 9.17) is 16.0 Å². The van der Waals surface area contributed by atoms with Crippen molar-refractivity contribution in [2.24, 2.45) is 0 Å². The van der Waals surface area contributed by atoms with Gasteiger partial charge in [0.2, 0.25) is 0 Å². The Hall–Kier alpha value is 0.160. The maximum Gasteiger partial charge on any atom is 0.196 e. The molecule has 0 aliphatic heterocycles. The number of alkyl halides is 1. The van der Waals surface area contributed by atoms with Gasteiger partial charge in [-0.3, -0.25) is 0 Å². The molecule has 2 nitrogen and oxygen atoms in total. The summed E-state index contributed by atoms with van der Waals surface area (Å²) < 4.78 is 7.65. The summed E-state index contributed by atoms with van der Waals surface area (Å²) in [6, 6.07) is 2.00. The molecule has 0 amide bonds. The zero-order valence-corrected chi connectivity index (χ0v) is 12.2. The number of hydrogen-bond acceptors (Lipinski definition) is 3. The smallest absolute Gasteiger partial charge is 0.196 e. The maximum absolute atomic E-state index is 5.61. The normalized spacial score (nSPS) is 10.9. The first-order chi connectivity index (χ1) is 7.20. The first-order valence-corrected chi connectivity index (χ1v) is 7.10. The van der Waals surface area contributed by atoms with E-state index in [0.717, 1.165) is 18.9 Å². The molecule has 0 N–H and O–H groups in total. The summed E-state index contributed by atoms with van der Waals surface area (Å²) >= 11 is 14.1. The van der Waals surface area contributed by atoms with Crippen molar-refractivity contribution in [1.82, 2.24) is 4.98 Å². The molecule has 0 atom stereocenters. The zero-order valence-electron chi connectivity index (χ0n) is 7.47. The highest BCUT2D eigenvalue weighted by Crippen LogP contribution is 2.38. The predicted octanol–water partition coefficient (Wildman–Crippen LogP) is 4.71. The van der Waals surface area contributed by atoms with Gasteiger partial charge in [-0.2, -0.15) is 0 Å². The van der Waals surface area contributed by atoms with E-state index in [1.54, 1.807) is 17.5 Å². The lowest BCUT2D eigenvalue weighted by Gasteiger charge is -1.91. The summed E-state index contributed by atoms with van der Waals surface area (Å²) in [6.07, 6.45) is 2.38. The van der Waals surface area contributed by atoms with Crippen molar-refractivity contribution < 1.29 is 4.42 Å². The molecule has 0 fully saturated rings. The van der Waals surface area contributed by atoms with Crippen LogP contribution in [-0.2, 0) is 6.42 Å². The number of rotatable bonds is 3. The van der Waals surface area contributed by atoms with Gasteiger partial charge in [-0.15, -0.1) is 22.9 Å². The first kappa shape index (κ1) is 11.6. The van der Waals surface area contributed by atoms with E-state index >= 15 is 0 Å². The molecule has 15 heavy (non-hydrogen) atoms. The summed E-state index contributed by atoms with van der Waals surface area (Å²) in [7, 11) is 0. The van der Waals surface area contributed by atoms with Gasteiger partial charge >= 0.3 is 0 Å². The molecule has 0 saturated carbocycles. The van der Waals surface area contributed by atoms with Crippen molar-refractivity contribution in [3.8, 4) is 11.3 Å². The average Bonchev–Trinajstić information content (AvgIpc) is 2.73. The Morgan fingerprint density at radius 1 is 1.47 bits per heavy atom. The molecule has 2 aromatic heterocycles. The lowest BCUT2D eigenvalue weighted by molar-refractivity contribution is 0.514. The number of nitrogens with zero attached hydrogens (tertiary/aromatic N) is 1. The number of aromatic nitrogens is 1. The second-order valence-corrected chi connectivity index (χ2v) is 6.92. The van der Waals surface area contributed by atoms with Crippen LogP contribution < -0.4 is 0 Å². The molecular weight excluding hydrogens is 365 g/mol. The molecular formula is C9H6Br2ClNOS. The molecule has 2 heterocycles. The van der Waals surface area contributed by atoms with Crippen molar-refractivity contribution in [1.29, 1.82) is 0 Å². The Balaban J connectivity index is 2.32. The molecule has 0 aliphatic carbocycles. The summed E-state index contributed by atoms with van der Waals surface area (Å²) in [6.45, 7) is 0. The highest BCUT2D eigenvalue weighted by molar-refractivity contribution is 9.12. The van der Waals surface area contributed by atoms with Crippen molar-refractivity contribution in [3.05, 3.63) is 25.7 Å². The van der Waals surface area contributed by atoms with Crippen molar-refractivity contribution in [2.45, 2.75) is 6.42 Å². The van der Waals surface area contributed by atoms with Crippen LogP contribution in [0.25, 0.3) is 11.3 Å². The zero-order chi connectivity index (χ0) is 10.8. The number of thiophene rings is 1. The lowest BCUT2D eigenvalue weighted by Crippen LogP contribution is -1.83. The Morgan fingerprint density at radius 3 is 2.87 bits per heavy atom. The fraction of sp³-hybridized carbons (Fsp3) is 0.222. The summed E-state index contributed by atoms with van der Waals surface area (Å²) in [5, 5.41) is 0. The van der Waals surface area contributed by atoms with E-state index in [-0.39, 0.29) is 0 Å². The molecule has 0 unspecified atom stereocenters. The van der Waals surface area contributed by atoms with Crippen LogP contribution in [0, 0.1) is 0 Å².